The molecule has 0 radical (unpaired) electrons. The van der Waals surface area contributed by atoms with Crippen molar-refractivity contribution < 1.29 is 10.2 Å². The first-order valence-corrected chi connectivity index (χ1v) is 5.23. The second kappa shape index (κ2) is 3.56. The van der Waals surface area contributed by atoms with Gasteiger partial charge in [0.2, 0.25) is 0 Å². The Hall–Kier alpha value is -0.120. The summed E-state index contributed by atoms with van der Waals surface area (Å²) in [6.07, 6.45) is 1.86. The van der Waals surface area contributed by atoms with Crippen LogP contribution in [0.1, 0.15) is 19.8 Å². The van der Waals surface area contributed by atoms with Gasteiger partial charge in [-0.15, -0.1) is 0 Å². The lowest BCUT2D eigenvalue weighted by atomic mass is 10.2. The highest BCUT2D eigenvalue weighted by atomic mass is 16.3. The maximum atomic E-state index is 9.45. The van der Waals surface area contributed by atoms with Crippen LogP contribution in [-0.4, -0.2) is 47.0 Å². The van der Waals surface area contributed by atoms with E-state index in [2.05, 4.69) is 11.8 Å². The summed E-state index contributed by atoms with van der Waals surface area (Å²) in [5.74, 6) is 1.68. The zero-order valence-corrected chi connectivity index (χ0v) is 8.19. The number of hydrogen-bond acceptors (Lipinski definition) is 3. The standard InChI is InChI=1S/C10H19NO2/c1-7-2-8(7)4-11-5-10(13)3-9(11)6-12/h7-10,12-13H,2-6H2,1H3/t7?,8?,9-,10+/m0/s1. The Balaban J connectivity index is 1.83. The minimum atomic E-state index is -0.216. The Kier molecular flexibility index (Phi) is 2.58. The zero-order valence-electron chi connectivity index (χ0n) is 8.19. The summed E-state index contributed by atoms with van der Waals surface area (Å²) in [6, 6.07) is 0.211. The van der Waals surface area contributed by atoms with Gasteiger partial charge in [-0.25, -0.2) is 0 Å². The average Bonchev–Trinajstić information content (AvgIpc) is 2.62. The summed E-state index contributed by atoms with van der Waals surface area (Å²) < 4.78 is 0. The van der Waals surface area contributed by atoms with Crippen molar-refractivity contribution >= 4 is 0 Å². The molecule has 4 atom stereocenters. The molecule has 76 valence electrons. The van der Waals surface area contributed by atoms with Crippen LogP contribution in [0.25, 0.3) is 0 Å². The molecular formula is C10H19NO2. The first-order valence-electron chi connectivity index (χ1n) is 5.23. The van der Waals surface area contributed by atoms with Gasteiger partial charge in [0, 0.05) is 19.1 Å². The number of rotatable bonds is 3. The lowest BCUT2D eigenvalue weighted by molar-refractivity contribution is 0.149. The van der Waals surface area contributed by atoms with Crippen LogP contribution in [0.3, 0.4) is 0 Å². The summed E-state index contributed by atoms with van der Waals surface area (Å²) in [7, 11) is 0. The Morgan fingerprint density at radius 2 is 2.08 bits per heavy atom. The second-order valence-corrected chi connectivity index (χ2v) is 4.65. The molecule has 1 heterocycles. The summed E-state index contributed by atoms with van der Waals surface area (Å²) in [5, 5.41) is 18.5. The third-order valence-electron chi connectivity index (χ3n) is 3.46. The van der Waals surface area contributed by atoms with E-state index in [1.807, 2.05) is 0 Å². The van der Waals surface area contributed by atoms with Crippen LogP contribution in [0, 0.1) is 11.8 Å². The highest BCUT2D eigenvalue weighted by molar-refractivity contribution is 4.91. The summed E-state index contributed by atoms with van der Waals surface area (Å²) in [4.78, 5) is 2.25. The molecule has 0 aromatic rings. The van der Waals surface area contributed by atoms with Gasteiger partial charge in [-0.3, -0.25) is 4.90 Å². The predicted molar refractivity (Wildman–Crippen MR) is 50.3 cm³/mol. The first kappa shape index (κ1) is 9.44. The van der Waals surface area contributed by atoms with Gasteiger partial charge in [0.1, 0.15) is 0 Å². The molecule has 1 saturated heterocycles. The molecule has 1 aliphatic carbocycles. The molecule has 2 fully saturated rings. The minimum absolute atomic E-state index is 0.193. The van der Waals surface area contributed by atoms with Crippen LogP contribution in [-0.2, 0) is 0 Å². The normalized spacial score (nSPS) is 45.5. The molecule has 2 rings (SSSR count). The van der Waals surface area contributed by atoms with Crippen LogP contribution in [0.5, 0.6) is 0 Å². The SMILES string of the molecule is CC1CC1CN1C[C@H](O)C[C@H]1CO. The van der Waals surface area contributed by atoms with Gasteiger partial charge < -0.3 is 10.2 Å². The molecule has 0 amide bonds. The molecule has 3 nitrogen and oxygen atoms in total. The Morgan fingerprint density at radius 3 is 2.62 bits per heavy atom. The third kappa shape index (κ3) is 2.03. The van der Waals surface area contributed by atoms with Crippen molar-refractivity contribution in [3.8, 4) is 0 Å². The van der Waals surface area contributed by atoms with E-state index in [1.54, 1.807) is 0 Å². The number of aliphatic hydroxyl groups excluding tert-OH is 2. The number of aliphatic hydroxyl groups is 2. The van der Waals surface area contributed by atoms with Crippen LogP contribution in [0.2, 0.25) is 0 Å². The fraction of sp³-hybridized carbons (Fsp3) is 1.00. The summed E-state index contributed by atoms with van der Waals surface area (Å²) in [6.45, 7) is 4.29. The molecule has 0 aromatic carbocycles. The van der Waals surface area contributed by atoms with E-state index in [0.29, 0.717) is 0 Å². The van der Waals surface area contributed by atoms with Crippen LogP contribution >= 0.6 is 0 Å². The predicted octanol–water partition coefficient (Wildman–Crippen LogP) is 0.0699. The van der Waals surface area contributed by atoms with Gasteiger partial charge in [0.05, 0.1) is 12.7 Å². The third-order valence-corrected chi connectivity index (χ3v) is 3.46. The van der Waals surface area contributed by atoms with Crippen LogP contribution < -0.4 is 0 Å². The van der Waals surface area contributed by atoms with E-state index < -0.39 is 0 Å². The first-order chi connectivity index (χ1) is 6.20. The lowest BCUT2D eigenvalue weighted by Gasteiger charge is -2.21. The number of hydrogen-bond donors (Lipinski definition) is 2. The van der Waals surface area contributed by atoms with Crippen molar-refractivity contribution in [3.63, 3.8) is 0 Å². The van der Waals surface area contributed by atoms with Crippen LogP contribution in [0.15, 0.2) is 0 Å². The molecule has 2 unspecified atom stereocenters. The number of likely N-dealkylation sites (tertiary alicyclic amines) is 1. The van der Waals surface area contributed by atoms with Crippen molar-refractivity contribution in [2.24, 2.45) is 11.8 Å². The minimum Gasteiger partial charge on any atom is -0.395 e. The maximum Gasteiger partial charge on any atom is 0.0683 e. The molecule has 1 saturated carbocycles. The van der Waals surface area contributed by atoms with Gasteiger partial charge in [-0.2, -0.15) is 0 Å². The Bertz CT molecular complexity index is 186. The quantitative estimate of drug-likeness (QED) is 0.654. The van der Waals surface area contributed by atoms with Gasteiger partial charge in [0.15, 0.2) is 0 Å². The highest BCUT2D eigenvalue weighted by Crippen LogP contribution is 2.39. The molecule has 2 N–H and O–H groups in total. The number of nitrogens with zero attached hydrogens (tertiary/aromatic N) is 1. The van der Waals surface area contributed by atoms with E-state index in [0.717, 1.165) is 31.3 Å². The molecule has 13 heavy (non-hydrogen) atoms. The molecule has 2 aliphatic rings. The molecule has 0 bridgehead atoms. The Morgan fingerprint density at radius 1 is 1.38 bits per heavy atom. The maximum absolute atomic E-state index is 9.45. The van der Waals surface area contributed by atoms with Crippen molar-refractivity contribution in [1.29, 1.82) is 0 Å². The number of β-amino-alcohol motifs (C(OH)–C–C–N with tert-alkyl or cyclic N) is 1. The fourth-order valence-electron chi connectivity index (χ4n) is 2.33. The largest absolute Gasteiger partial charge is 0.395 e. The molecular weight excluding hydrogens is 166 g/mol. The second-order valence-electron chi connectivity index (χ2n) is 4.65. The molecule has 3 heteroatoms. The highest BCUT2D eigenvalue weighted by Gasteiger charge is 2.38. The molecule has 0 aromatic heterocycles. The fourth-order valence-corrected chi connectivity index (χ4v) is 2.33. The van der Waals surface area contributed by atoms with E-state index in [4.69, 9.17) is 5.11 Å². The molecule has 1 aliphatic heterocycles. The van der Waals surface area contributed by atoms with Gasteiger partial charge in [-0.1, -0.05) is 6.92 Å². The van der Waals surface area contributed by atoms with Gasteiger partial charge >= 0.3 is 0 Å². The lowest BCUT2D eigenvalue weighted by Crippen LogP contribution is -2.34. The van der Waals surface area contributed by atoms with Crippen molar-refractivity contribution in [1.82, 2.24) is 4.90 Å². The van der Waals surface area contributed by atoms with Gasteiger partial charge in [0.25, 0.3) is 0 Å². The van der Waals surface area contributed by atoms with E-state index in [1.165, 1.54) is 6.42 Å². The zero-order chi connectivity index (χ0) is 9.42. The van der Waals surface area contributed by atoms with E-state index >= 15 is 0 Å². The smallest absolute Gasteiger partial charge is 0.0683 e. The van der Waals surface area contributed by atoms with Crippen molar-refractivity contribution in [2.75, 3.05) is 19.7 Å². The van der Waals surface area contributed by atoms with Gasteiger partial charge in [-0.05, 0) is 24.7 Å². The monoisotopic (exact) mass is 185 g/mol. The van der Waals surface area contributed by atoms with E-state index in [-0.39, 0.29) is 18.8 Å². The van der Waals surface area contributed by atoms with E-state index in [9.17, 15) is 5.11 Å². The Labute approximate surface area is 79.4 Å². The van der Waals surface area contributed by atoms with Crippen molar-refractivity contribution in [2.45, 2.75) is 31.9 Å². The summed E-state index contributed by atoms with van der Waals surface area (Å²) >= 11 is 0. The summed E-state index contributed by atoms with van der Waals surface area (Å²) in [5.41, 5.74) is 0. The van der Waals surface area contributed by atoms with Crippen molar-refractivity contribution in [3.05, 3.63) is 0 Å². The van der Waals surface area contributed by atoms with Crippen LogP contribution in [0.4, 0.5) is 0 Å². The molecule has 0 spiro atoms. The average molecular weight is 185 g/mol. The topological polar surface area (TPSA) is 43.7 Å².